The van der Waals surface area contributed by atoms with E-state index in [1.807, 2.05) is 0 Å². The molecule has 15 heavy (non-hydrogen) atoms. The van der Waals surface area contributed by atoms with E-state index >= 15 is 0 Å². The third-order valence-corrected chi connectivity index (χ3v) is 4.91. The number of rotatable bonds is 2. The summed E-state index contributed by atoms with van der Waals surface area (Å²) in [4.78, 5) is 12.7. The molecule has 0 spiro atoms. The molecule has 1 aromatic heterocycles. The molecule has 1 unspecified atom stereocenters. The van der Waals surface area contributed by atoms with Crippen LogP contribution >= 0.6 is 38.9 Å². The fourth-order valence-electron chi connectivity index (χ4n) is 1.62. The Morgan fingerprint density at radius 1 is 1.67 bits per heavy atom. The predicted molar refractivity (Wildman–Crippen MR) is 64.9 cm³/mol. The minimum atomic E-state index is 0.0142. The Kier molecular flexibility index (Phi) is 3.83. The van der Waals surface area contributed by atoms with Gasteiger partial charge in [0, 0.05) is 17.0 Å². The van der Waals surface area contributed by atoms with Gasteiger partial charge in [0.25, 0.3) is 0 Å². The monoisotopic (exact) mass is 308 g/mol. The molecule has 2 nitrogen and oxygen atoms in total. The lowest BCUT2D eigenvalue weighted by atomic mass is 9.96. The number of hydrogen-bond acceptors (Lipinski definition) is 3. The molecule has 0 radical (unpaired) electrons. The standard InChI is InChI=1S/C10H10BrClO2S/c11-7-4-8(15-10(7)12)9(13)6-2-1-3-14-5-6/h4,6H,1-3,5H2. The number of hydrogen-bond donors (Lipinski definition) is 0. The Balaban J connectivity index is 2.12. The summed E-state index contributed by atoms with van der Waals surface area (Å²) in [5, 5.41) is 0. The number of thiophene rings is 1. The summed E-state index contributed by atoms with van der Waals surface area (Å²) in [6, 6.07) is 1.80. The van der Waals surface area contributed by atoms with Gasteiger partial charge in [-0.2, -0.15) is 0 Å². The lowest BCUT2D eigenvalue weighted by Gasteiger charge is -2.19. The number of ketones is 1. The second-order valence-corrected chi connectivity index (χ2v) is 6.02. The van der Waals surface area contributed by atoms with E-state index in [1.165, 1.54) is 11.3 Å². The molecular weight excluding hydrogens is 300 g/mol. The molecule has 0 N–H and O–H groups in total. The van der Waals surface area contributed by atoms with E-state index in [2.05, 4.69) is 15.9 Å². The Morgan fingerprint density at radius 3 is 3.00 bits per heavy atom. The summed E-state index contributed by atoms with van der Waals surface area (Å²) in [6.07, 6.45) is 1.89. The highest BCUT2D eigenvalue weighted by Crippen LogP contribution is 2.34. The topological polar surface area (TPSA) is 26.3 Å². The Bertz CT molecular complexity index is 352. The van der Waals surface area contributed by atoms with Crippen molar-refractivity contribution in [1.29, 1.82) is 0 Å². The molecule has 0 aromatic carbocycles. The van der Waals surface area contributed by atoms with Gasteiger partial charge in [0.1, 0.15) is 4.34 Å². The summed E-state index contributed by atoms with van der Waals surface area (Å²) >= 11 is 10.5. The first-order valence-electron chi connectivity index (χ1n) is 4.75. The second kappa shape index (κ2) is 4.95. The lowest BCUT2D eigenvalue weighted by molar-refractivity contribution is 0.0464. The summed E-state index contributed by atoms with van der Waals surface area (Å²) in [6.45, 7) is 1.32. The maximum Gasteiger partial charge on any atom is 0.178 e. The van der Waals surface area contributed by atoms with E-state index in [1.54, 1.807) is 6.07 Å². The number of Topliss-reactive ketones (excluding diaryl/α,β-unsaturated/α-hetero) is 1. The average Bonchev–Trinajstić information content (AvgIpc) is 2.59. The molecular formula is C10H10BrClO2S. The Labute approximate surface area is 106 Å². The van der Waals surface area contributed by atoms with Crippen LogP contribution in [0.1, 0.15) is 22.5 Å². The predicted octanol–water partition coefficient (Wildman–Crippen LogP) is 3.77. The minimum Gasteiger partial charge on any atom is -0.381 e. The SMILES string of the molecule is O=C(c1cc(Br)c(Cl)s1)C1CCCOC1. The largest absolute Gasteiger partial charge is 0.381 e. The highest BCUT2D eigenvalue weighted by molar-refractivity contribution is 9.10. The van der Waals surface area contributed by atoms with Crippen molar-refractivity contribution in [3.8, 4) is 0 Å². The van der Waals surface area contributed by atoms with Gasteiger partial charge in [0.05, 0.1) is 11.5 Å². The number of halogens is 2. The fraction of sp³-hybridized carbons (Fsp3) is 0.500. The van der Waals surface area contributed by atoms with Crippen molar-refractivity contribution >= 4 is 44.7 Å². The van der Waals surface area contributed by atoms with Crippen LogP contribution in [-0.2, 0) is 4.74 Å². The molecule has 1 aliphatic rings. The zero-order chi connectivity index (χ0) is 10.8. The van der Waals surface area contributed by atoms with Gasteiger partial charge < -0.3 is 4.74 Å². The molecule has 0 bridgehead atoms. The minimum absolute atomic E-state index is 0.0142. The molecule has 82 valence electrons. The lowest BCUT2D eigenvalue weighted by Crippen LogP contribution is -2.24. The van der Waals surface area contributed by atoms with E-state index in [-0.39, 0.29) is 11.7 Å². The summed E-state index contributed by atoms with van der Waals surface area (Å²) < 4.78 is 6.74. The third-order valence-electron chi connectivity index (χ3n) is 2.42. The summed E-state index contributed by atoms with van der Waals surface area (Å²) in [5.41, 5.74) is 0. The Morgan fingerprint density at radius 2 is 2.47 bits per heavy atom. The number of carbonyl (C=O) groups excluding carboxylic acids is 1. The van der Waals surface area contributed by atoms with Crippen LogP contribution in [0.15, 0.2) is 10.5 Å². The first-order chi connectivity index (χ1) is 7.18. The third kappa shape index (κ3) is 2.61. The zero-order valence-corrected chi connectivity index (χ0v) is 11.1. The van der Waals surface area contributed by atoms with Gasteiger partial charge in [0.15, 0.2) is 5.78 Å². The maximum absolute atomic E-state index is 12.0. The first kappa shape index (κ1) is 11.6. The van der Waals surface area contributed by atoms with Gasteiger partial charge in [-0.15, -0.1) is 11.3 Å². The van der Waals surface area contributed by atoms with Gasteiger partial charge in [0.2, 0.25) is 0 Å². The van der Waals surface area contributed by atoms with Crippen molar-refractivity contribution in [1.82, 2.24) is 0 Å². The van der Waals surface area contributed by atoms with E-state index in [4.69, 9.17) is 16.3 Å². The smallest absolute Gasteiger partial charge is 0.178 e. The molecule has 0 aliphatic carbocycles. The molecule has 2 rings (SSSR count). The van der Waals surface area contributed by atoms with Crippen molar-refractivity contribution < 1.29 is 9.53 Å². The van der Waals surface area contributed by atoms with Crippen LogP contribution in [0.3, 0.4) is 0 Å². The van der Waals surface area contributed by atoms with Crippen molar-refractivity contribution in [3.05, 3.63) is 19.8 Å². The van der Waals surface area contributed by atoms with Crippen LogP contribution in [0.2, 0.25) is 4.34 Å². The Hall–Kier alpha value is 0.1000. The van der Waals surface area contributed by atoms with E-state index in [0.29, 0.717) is 10.9 Å². The molecule has 5 heteroatoms. The second-order valence-electron chi connectivity index (χ2n) is 3.51. The van der Waals surface area contributed by atoms with Crippen molar-refractivity contribution in [2.24, 2.45) is 5.92 Å². The van der Waals surface area contributed by atoms with Gasteiger partial charge in [-0.1, -0.05) is 11.6 Å². The van der Waals surface area contributed by atoms with E-state index < -0.39 is 0 Å². The molecule has 2 heterocycles. The number of ether oxygens (including phenoxy) is 1. The van der Waals surface area contributed by atoms with Crippen LogP contribution in [0.4, 0.5) is 0 Å². The van der Waals surface area contributed by atoms with Gasteiger partial charge in [-0.25, -0.2) is 0 Å². The molecule has 1 aromatic rings. The average molecular weight is 310 g/mol. The van der Waals surface area contributed by atoms with Crippen molar-refractivity contribution in [2.45, 2.75) is 12.8 Å². The molecule has 0 saturated carbocycles. The quantitative estimate of drug-likeness (QED) is 0.777. The number of carbonyl (C=O) groups is 1. The van der Waals surface area contributed by atoms with E-state index in [9.17, 15) is 4.79 Å². The summed E-state index contributed by atoms with van der Waals surface area (Å²) in [5.74, 6) is 0.174. The maximum atomic E-state index is 12.0. The van der Waals surface area contributed by atoms with E-state index in [0.717, 1.165) is 28.8 Å². The van der Waals surface area contributed by atoms with Crippen LogP contribution in [-0.4, -0.2) is 19.0 Å². The molecule has 1 aliphatic heterocycles. The van der Waals surface area contributed by atoms with Crippen LogP contribution in [0, 0.1) is 5.92 Å². The van der Waals surface area contributed by atoms with Crippen molar-refractivity contribution in [2.75, 3.05) is 13.2 Å². The highest BCUT2D eigenvalue weighted by Gasteiger charge is 2.24. The zero-order valence-electron chi connectivity index (χ0n) is 7.96. The summed E-state index contributed by atoms with van der Waals surface area (Å²) in [7, 11) is 0. The molecule has 1 fully saturated rings. The normalized spacial score (nSPS) is 21.6. The van der Waals surface area contributed by atoms with Crippen molar-refractivity contribution in [3.63, 3.8) is 0 Å². The first-order valence-corrected chi connectivity index (χ1v) is 6.74. The molecule has 0 amide bonds. The highest BCUT2D eigenvalue weighted by atomic mass is 79.9. The van der Waals surface area contributed by atoms with Crippen LogP contribution in [0.5, 0.6) is 0 Å². The van der Waals surface area contributed by atoms with Gasteiger partial charge >= 0.3 is 0 Å². The molecule has 1 atom stereocenters. The molecule has 1 saturated heterocycles. The van der Waals surface area contributed by atoms with Gasteiger partial charge in [-0.3, -0.25) is 4.79 Å². The van der Waals surface area contributed by atoms with Crippen LogP contribution < -0.4 is 0 Å². The fourth-order valence-corrected chi connectivity index (χ4v) is 3.34. The van der Waals surface area contributed by atoms with Crippen LogP contribution in [0.25, 0.3) is 0 Å². The van der Waals surface area contributed by atoms with Gasteiger partial charge in [-0.05, 0) is 34.8 Å².